The van der Waals surface area contributed by atoms with Crippen LogP contribution in [-0.2, 0) is 16.0 Å². The summed E-state index contributed by atoms with van der Waals surface area (Å²) < 4.78 is 18.1. The monoisotopic (exact) mass is 650 g/mol. The van der Waals surface area contributed by atoms with Crippen LogP contribution in [0.1, 0.15) is 41.6 Å². The van der Waals surface area contributed by atoms with Gasteiger partial charge in [0.2, 0.25) is 0 Å². The zero-order chi connectivity index (χ0) is 33.2. The summed E-state index contributed by atoms with van der Waals surface area (Å²) in [5.74, 6) is 1.36. The molecule has 1 aliphatic heterocycles. The molecule has 5 aromatic rings. The molecule has 1 aliphatic carbocycles. The molecule has 0 amide bonds. The number of hydrogen-bond donors (Lipinski definition) is 1. The number of hydrogen-bond acceptors (Lipinski definition) is 10. The van der Waals surface area contributed by atoms with Crippen molar-refractivity contribution in [3.8, 4) is 17.1 Å². The molecule has 1 N–H and O–H groups in total. The van der Waals surface area contributed by atoms with Crippen molar-refractivity contribution in [3.63, 3.8) is 0 Å². The third-order valence-corrected chi connectivity index (χ3v) is 9.54. The first-order valence-corrected chi connectivity index (χ1v) is 16.3. The number of anilines is 1. The summed E-state index contributed by atoms with van der Waals surface area (Å²) in [6, 6.07) is 20.5. The van der Waals surface area contributed by atoms with Crippen molar-refractivity contribution in [2.45, 2.75) is 44.3 Å². The van der Waals surface area contributed by atoms with E-state index in [0.717, 1.165) is 79.6 Å². The molecule has 0 spiro atoms. The predicted octanol–water partition coefficient (Wildman–Crippen LogP) is 6.06. The number of morpholine rings is 1. The van der Waals surface area contributed by atoms with Crippen LogP contribution in [-0.4, -0.2) is 82.9 Å². The Morgan fingerprint density at radius 1 is 1.00 bits per heavy atom. The van der Waals surface area contributed by atoms with E-state index in [1.807, 2.05) is 36.4 Å². The molecule has 2 fully saturated rings. The second-order valence-corrected chi connectivity index (χ2v) is 12.4. The Morgan fingerprint density at radius 3 is 2.48 bits per heavy atom. The van der Waals surface area contributed by atoms with Gasteiger partial charge in [-0.3, -0.25) is 15.0 Å². The Kier molecular flexibility index (Phi) is 8.92. The van der Waals surface area contributed by atoms with Crippen molar-refractivity contribution in [2.75, 3.05) is 45.8 Å². The number of aromatic nitrogens is 3. The third-order valence-electron chi connectivity index (χ3n) is 9.54. The fourth-order valence-electron chi connectivity index (χ4n) is 7.00. The Hall–Kier alpha value is -5.07. The number of nitro groups is 1. The zero-order valence-electron chi connectivity index (χ0n) is 27.1. The number of methoxy groups -OCH3 is 2. The van der Waals surface area contributed by atoms with Gasteiger partial charge in [0.05, 0.1) is 48.8 Å². The molecule has 12 nitrogen and oxygen atoms in total. The van der Waals surface area contributed by atoms with Crippen LogP contribution >= 0.6 is 0 Å². The molecule has 7 rings (SSSR count). The Balaban J connectivity index is 1.36. The van der Waals surface area contributed by atoms with Gasteiger partial charge in [-0.1, -0.05) is 30.3 Å². The summed E-state index contributed by atoms with van der Waals surface area (Å²) in [7, 11) is 3.00. The van der Waals surface area contributed by atoms with Gasteiger partial charge in [-0.05, 0) is 55.5 Å². The van der Waals surface area contributed by atoms with Crippen LogP contribution in [0, 0.1) is 10.1 Å². The fraction of sp³-hybridized carbons (Fsp3) is 0.361. The van der Waals surface area contributed by atoms with Crippen molar-refractivity contribution in [1.29, 1.82) is 0 Å². The molecule has 0 bridgehead atoms. The average molecular weight is 651 g/mol. The van der Waals surface area contributed by atoms with Gasteiger partial charge in [0.1, 0.15) is 17.2 Å². The van der Waals surface area contributed by atoms with Gasteiger partial charge in [-0.2, -0.15) is 0 Å². The summed E-state index contributed by atoms with van der Waals surface area (Å²) in [6.07, 6.45) is 4.12. The fourth-order valence-corrected chi connectivity index (χ4v) is 7.00. The average Bonchev–Trinajstić information content (AvgIpc) is 3.44. The summed E-state index contributed by atoms with van der Waals surface area (Å²) in [5.41, 5.74) is 3.39. The second kappa shape index (κ2) is 13.6. The molecule has 48 heavy (non-hydrogen) atoms. The van der Waals surface area contributed by atoms with E-state index in [-0.39, 0.29) is 11.7 Å². The maximum absolute atomic E-state index is 12.7. The quantitative estimate of drug-likeness (QED) is 0.114. The molecule has 248 valence electrons. The molecule has 0 unspecified atom stereocenters. The zero-order valence-corrected chi connectivity index (χ0v) is 27.1. The van der Waals surface area contributed by atoms with Crippen LogP contribution in [0.4, 0.5) is 11.5 Å². The summed E-state index contributed by atoms with van der Waals surface area (Å²) >= 11 is 0. The molecule has 1 saturated heterocycles. The van der Waals surface area contributed by atoms with Crippen LogP contribution in [0.3, 0.4) is 0 Å². The molecule has 3 heterocycles. The van der Waals surface area contributed by atoms with Crippen molar-refractivity contribution in [1.82, 2.24) is 19.4 Å². The van der Waals surface area contributed by atoms with E-state index in [9.17, 15) is 14.9 Å². The first-order valence-electron chi connectivity index (χ1n) is 16.3. The summed E-state index contributed by atoms with van der Waals surface area (Å²) in [4.78, 5) is 36.6. The predicted molar refractivity (Wildman–Crippen MR) is 183 cm³/mol. The number of non-ortho nitro benzene ring substituents is 1. The number of carbonyl (C=O) groups is 1. The van der Waals surface area contributed by atoms with Gasteiger partial charge in [-0.15, -0.1) is 0 Å². The van der Waals surface area contributed by atoms with Crippen LogP contribution in [0.25, 0.3) is 33.3 Å². The van der Waals surface area contributed by atoms with Gasteiger partial charge < -0.3 is 24.1 Å². The summed E-state index contributed by atoms with van der Waals surface area (Å²) in [5, 5.41) is 17.2. The number of fused-ring (bicyclic) bond motifs is 3. The van der Waals surface area contributed by atoms with Crippen LogP contribution in [0.5, 0.6) is 5.75 Å². The van der Waals surface area contributed by atoms with Crippen LogP contribution in [0.2, 0.25) is 0 Å². The Bertz CT molecular complexity index is 1960. The SMILES string of the molecule is COC(=O)c1ccc2c3c(NC4CCC(N5CCOCC5)CC4)nc(-c4cccc([N+](=O)[O-])c4)nc3n(Cc3ccc(OC)cc3)c2c1. The van der Waals surface area contributed by atoms with E-state index in [1.54, 1.807) is 25.3 Å². The Morgan fingerprint density at radius 2 is 1.77 bits per heavy atom. The van der Waals surface area contributed by atoms with E-state index in [2.05, 4.69) is 14.8 Å². The minimum Gasteiger partial charge on any atom is -0.497 e. The highest BCUT2D eigenvalue weighted by Crippen LogP contribution is 2.37. The molecular weight excluding hydrogens is 612 g/mol. The molecule has 2 aliphatic rings. The van der Waals surface area contributed by atoms with Crippen LogP contribution in [0.15, 0.2) is 66.7 Å². The second-order valence-electron chi connectivity index (χ2n) is 12.4. The molecule has 1 saturated carbocycles. The lowest BCUT2D eigenvalue weighted by Gasteiger charge is -2.39. The number of esters is 1. The number of carbonyl (C=O) groups excluding carboxylic acids is 1. The van der Waals surface area contributed by atoms with Crippen molar-refractivity contribution < 1.29 is 23.9 Å². The number of nitrogens with zero attached hydrogens (tertiary/aromatic N) is 5. The lowest BCUT2D eigenvalue weighted by molar-refractivity contribution is -0.384. The molecule has 12 heteroatoms. The molecule has 3 aromatic carbocycles. The topological polar surface area (TPSA) is 134 Å². The third kappa shape index (κ3) is 6.28. The van der Waals surface area contributed by atoms with E-state index >= 15 is 0 Å². The van der Waals surface area contributed by atoms with Crippen molar-refractivity contribution in [3.05, 3.63) is 88.0 Å². The number of ether oxygens (including phenoxy) is 3. The number of benzene rings is 3. The minimum absolute atomic E-state index is 0.0337. The van der Waals surface area contributed by atoms with Gasteiger partial charge in [0, 0.05) is 54.8 Å². The van der Waals surface area contributed by atoms with Crippen molar-refractivity contribution in [2.24, 2.45) is 0 Å². The minimum atomic E-state index is -0.433. The normalized spacial score (nSPS) is 18.5. The lowest BCUT2D eigenvalue weighted by atomic mass is 9.90. The van der Waals surface area contributed by atoms with E-state index < -0.39 is 10.9 Å². The maximum Gasteiger partial charge on any atom is 0.337 e. The highest BCUT2D eigenvalue weighted by Gasteiger charge is 2.29. The number of nitro benzene ring substituents is 1. The smallest absolute Gasteiger partial charge is 0.337 e. The van der Waals surface area contributed by atoms with Gasteiger partial charge in [0.25, 0.3) is 5.69 Å². The first kappa shape index (κ1) is 31.5. The van der Waals surface area contributed by atoms with Gasteiger partial charge >= 0.3 is 5.97 Å². The number of nitrogens with one attached hydrogen (secondary N) is 1. The van der Waals surface area contributed by atoms with E-state index in [0.29, 0.717) is 41.0 Å². The highest BCUT2D eigenvalue weighted by atomic mass is 16.6. The van der Waals surface area contributed by atoms with Crippen LogP contribution < -0.4 is 10.1 Å². The maximum atomic E-state index is 12.7. The highest BCUT2D eigenvalue weighted by molar-refractivity contribution is 6.13. The largest absolute Gasteiger partial charge is 0.497 e. The van der Waals surface area contributed by atoms with Gasteiger partial charge in [-0.25, -0.2) is 14.8 Å². The Labute approximate surface area is 277 Å². The first-order chi connectivity index (χ1) is 23.4. The molecule has 2 aromatic heterocycles. The lowest BCUT2D eigenvalue weighted by Crippen LogP contribution is -2.46. The molecular formula is C36H38N6O6. The molecule has 0 atom stereocenters. The van der Waals surface area contributed by atoms with Crippen molar-refractivity contribution >= 4 is 39.4 Å². The summed E-state index contributed by atoms with van der Waals surface area (Å²) in [6.45, 7) is 3.97. The van der Waals surface area contributed by atoms with Gasteiger partial charge in [0.15, 0.2) is 5.82 Å². The number of rotatable bonds is 9. The van der Waals surface area contributed by atoms with E-state index in [4.69, 9.17) is 24.2 Å². The van der Waals surface area contributed by atoms with E-state index in [1.165, 1.54) is 19.2 Å². The standard InChI is InChI=1S/C36H38N6O6/c1-46-29-13-6-23(7-14-29)22-41-31-21-25(36(43)47-2)8-15-30(31)32-34(37-26-9-11-27(12-10-26)40-16-18-48-19-17-40)38-33(39-35(32)41)24-4-3-5-28(20-24)42(44)45/h3-8,13-15,20-21,26-27H,9-12,16-19,22H2,1-2H3,(H,37,38,39). The molecule has 0 radical (unpaired) electrons.